The molecule has 4 aliphatic carbocycles. The van der Waals surface area contributed by atoms with Gasteiger partial charge in [0, 0.05) is 12.3 Å². The van der Waals surface area contributed by atoms with Crippen LogP contribution in [0.4, 0.5) is 0 Å². The Labute approximate surface area is 592 Å². The Morgan fingerprint density at radius 3 is 1.61 bits per heavy atom. The van der Waals surface area contributed by atoms with Crippen molar-refractivity contribution in [2.75, 3.05) is 13.2 Å². The van der Waals surface area contributed by atoms with Crippen molar-refractivity contribution >= 4 is 16.2 Å². The molecule has 6 saturated heterocycles. The van der Waals surface area contributed by atoms with Crippen molar-refractivity contribution in [3.8, 4) is 0 Å². The van der Waals surface area contributed by atoms with E-state index in [1.165, 1.54) is 27.7 Å². The van der Waals surface area contributed by atoms with Gasteiger partial charge >= 0.3 is 29.6 Å². The number of fused-ring (bicyclic) bond motifs is 5. The van der Waals surface area contributed by atoms with Crippen LogP contribution in [0.3, 0.4) is 0 Å². The average Bonchev–Trinajstić information content (AvgIpc) is 1.38. The third-order valence-electron chi connectivity index (χ3n) is 23.4. The molecule has 0 aromatic rings. The second-order valence-electron chi connectivity index (χ2n) is 30.0. The quantitative estimate of drug-likeness (QED) is 0.0220. The summed E-state index contributed by atoms with van der Waals surface area (Å²) in [4.78, 5) is 13.8. The molecule has 6 heterocycles. The van der Waals surface area contributed by atoms with Crippen LogP contribution in [-0.2, 0) is 76.2 Å². The molecule has 9 fully saturated rings. The summed E-state index contributed by atoms with van der Waals surface area (Å²) in [5.74, 6) is -1.20. The number of hydrogen-bond donors (Lipinski definition) is 15. The van der Waals surface area contributed by atoms with Crippen LogP contribution in [0.25, 0.3) is 0 Å². The molecule has 3 saturated carbocycles. The van der Waals surface area contributed by atoms with Gasteiger partial charge < -0.3 is 138 Å². The number of carbonyl (C=O) groups excluding carboxylic acids is 1. The normalized spacial score (nSPS) is 51.0. The first kappa shape index (κ1) is 81.3. The largest absolute Gasteiger partial charge is 1.00 e. The summed E-state index contributed by atoms with van der Waals surface area (Å²) in [5, 5.41) is 170. The molecular weight excluding hydrogens is 1340 g/mol. The van der Waals surface area contributed by atoms with E-state index in [0.717, 1.165) is 5.57 Å². The van der Waals surface area contributed by atoms with E-state index < -0.39 is 236 Å². The molecule has 0 radical (unpaired) electrons. The van der Waals surface area contributed by atoms with Crippen molar-refractivity contribution < 1.29 is 185 Å². The summed E-state index contributed by atoms with van der Waals surface area (Å²) in [7, 11) is -5.16. The number of hydrogen-bond acceptors (Lipinski definition) is 32. The van der Waals surface area contributed by atoms with Gasteiger partial charge in [-0.1, -0.05) is 46.3 Å². The second-order valence-corrected chi connectivity index (χ2v) is 31.0. The number of ketones is 1. The Balaban J connectivity index is 0.0000112. The summed E-state index contributed by atoms with van der Waals surface area (Å²) in [6.07, 6.45) is -47.0. The molecule has 5 unspecified atom stereocenters. The minimum absolute atomic E-state index is 0. The van der Waals surface area contributed by atoms with Gasteiger partial charge in [0.15, 0.2) is 37.7 Å². The molecule has 10 aliphatic rings. The Bertz CT molecular complexity index is 2800. The molecule has 32 nitrogen and oxygen atoms in total. The van der Waals surface area contributed by atoms with E-state index in [-0.39, 0.29) is 90.6 Å². The minimum Gasteiger partial charge on any atom is -0.726 e. The standard InChI is InChI=1S/C64H106O32S.Na/c1-11-29(23(2)3)34(66)20-64(10,80)38-13-12-31-30-19-35(33-18-28(96-97(81,82)83)14-16-62(33,8)32(30)15-17-63(31,38)9)89-58-50(78)53(42(70)26(6)87-58)93-60-54(94-57-49(77)46(74)40(68)25(5)86-57)44(72)37(22-84-60)91-61-55(47(75)43(71)36(21-65)90-61)95-59-51(79)52(41(69)27(7)88-59)92-56-48(76)45(73)39(67)24(4)85-56;/h15,23-31,33,35-61,65,67-80H,11-14,16-22H2,1-10H3,(H,81,82,83);/q;+1/p-1/t24-,25-,26-,27-,28?,29?,30?,31?,33-,35+,36-,37-,38?,39+,40-,41+,42-,43-,44+,45+,46+,47+,48-,49-,50-,51-,52+,53+,54-,55-,56-,57+,58+,59+,60+,61+,62-,63+,64+;/m1./s1. The van der Waals surface area contributed by atoms with Crippen molar-refractivity contribution in [1.82, 2.24) is 0 Å². The fourth-order valence-electron chi connectivity index (χ4n) is 17.8. The third-order valence-corrected chi connectivity index (χ3v) is 23.9. The number of aliphatic hydroxyl groups excluding tert-OH is 14. The van der Waals surface area contributed by atoms with Gasteiger partial charge in [-0.15, -0.1) is 0 Å². The van der Waals surface area contributed by atoms with Gasteiger partial charge in [0.25, 0.3) is 0 Å². The van der Waals surface area contributed by atoms with Gasteiger partial charge in [-0.05, 0) is 126 Å². The zero-order valence-corrected chi connectivity index (χ0v) is 60.1. The molecule has 0 aromatic heterocycles. The number of Topliss-reactive ketones (excluding diaryl/α,β-unsaturated/α-hetero) is 1. The van der Waals surface area contributed by atoms with E-state index in [2.05, 4.69) is 19.9 Å². The van der Waals surface area contributed by atoms with Gasteiger partial charge in [-0.25, -0.2) is 8.42 Å². The van der Waals surface area contributed by atoms with Crippen LogP contribution in [-0.4, -0.2) is 305 Å². The molecule has 15 N–H and O–H groups in total. The number of carbonyl (C=O) groups is 1. The topological polar surface area (TPSA) is 498 Å². The first-order valence-corrected chi connectivity index (χ1v) is 35.6. The van der Waals surface area contributed by atoms with Crippen molar-refractivity contribution in [2.45, 2.75) is 323 Å². The van der Waals surface area contributed by atoms with E-state index in [9.17, 15) is 94.4 Å². The summed E-state index contributed by atoms with van der Waals surface area (Å²) < 4.78 is 115. The molecule has 0 spiro atoms. The van der Waals surface area contributed by atoms with Crippen LogP contribution in [0.5, 0.6) is 0 Å². The first-order valence-electron chi connectivity index (χ1n) is 34.2. The Kier molecular flexibility index (Phi) is 26.5. The van der Waals surface area contributed by atoms with Crippen LogP contribution in [0, 0.1) is 46.3 Å². The monoisotopic (exact) mass is 1440 g/mol. The predicted octanol–water partition coefficient (Wildman–Crippen LogP) is -6.53. The summed E-state index contributed by atoms with van der Waals surface area (Å²) in [6, 6.07) is 0. The average molecular weight is 1440 g/mol. The van der Waals surface area contributed by atoms with Gasteiger partial charge in [-0.2, -0.15) is 0 Å². The van der Waals surface area contributed by atoms with Crippen LogP contribution in [0.1, 0.15) is 127 Å². The van der Waals surface area contributed by atoms with Gasteiger partial charge in [0.2, 0.25) is 10.4 Å². The molecule has 0 bridgehead atoms. The number of allylic oxidation sites excluding steroid dienone is 2. The van der Waals surface area contributed by atoms with Crippen LogP contribution in [0.2, 0.25) is 0 Å². The zero-order valence-electron chi connectivity index (χ0n) is 57.3. The van der Waals surface area contributed by atoms with Gasteiger partial charge in [-0.3, -0.25) is 8.98 Å². The maximum atomic E-state index is 13.8. The molecule has 98 heavy (non-hydrogen) atoms. The zero-order chi connectivity index (χ0) is 71.2. The molecule has 560 valence electrons. The minimum atomic E-state index is -5.16. The Hall–Kier alpha value is -0.800. The third kappa shape index (κ3) is 16.1. The smallest absolute Gasteiger partial charge is 0.726 e. The SMILES string of the molecule is CCC(C(=O)C[C@](C)(O)C1CCC2C3C[C@H](O[C@@H]4O[C@H](C)[C@@H](O)[C@H](O[C@@H]5OC[C@@H](O[C@@H]6O[C@H](CO)[C@@H](O)[C@H](O)[C@H]6O[C@@H]6O[C@H](C)[C@H](O)[C@H](O[C@H]7O[C@H](C)[C@H](O)[C@H](O)[C@H]7O)[C@H]6O)[C@H](O)[C@H]5O[C@@H]5O[C@H](C)[C@@H](O)[C@H](O)[C@H]5O)[C@H]4O)[C@H]4CC(OS(=O)(=O)[O-])CC[C@]4(C)C3=CC[C@@]21C)C(C)C.[Na+]. The van der Waals surface area contributed by atoms with Gasteiger partial charge in [0.1, 0.15) is 122 Å². The molecule has 34 heteroatoms. The first-order chi connectivity index (χ1) is 45.3. The van der Waals surface area contributed by atoms with E-state index in [1.54, 1.807) is 6.92 Å². The molecule has 0 amide bonds. The molecule has 6 aliphatic heterocycles. The Morgan fingerprint density at radius 1 is 0.602 bits per heavy atom. The fraction of sp³-hybridized carbons (Fsp3) is 0.953. The number of aliphatic hydroxyl groups is 15. The maximum absolute atomic E-state index is 13.8. The van der Waals surface area contributed by atoms with Crippen molar-refractivity contribution in [3.05, 3.63) is 11.6 Å². The van der Waals surface area contributed by atoms with E-state index in [0.29, 0.717) is 32.1 Å². The molecule has 39 atom stereocenters. The summed E-state index contributed by atoms with van der Waals surface area (Å²) in [6.45, 7) is 15.8. The summed E-state index contributed by atoms with van der Waals surface area (Å²) in [5.41, 5.74) is -1.43. The van der Waals surface area contributed by atoms with Crippen LogP contribution >= 0.6 is 0 Å². The molecular formula is C64H105NaO32S. The van der Waals surface area contributed by atoms with Crippen LogP contribution in [0.15, 0.2) is 11.6 Å². The van der Waals surface area contributed by atoms with Crippen molar-refractivity contribution in [3.63, 3.8) is 0 Å². The molecule has 0 aromatic carbocycles. The Morgan fingerprint density at radius 2 is 1.09 bits per heavy atom. The van der Waals surface area contributed by atoms with Gasteiger partial charge in [0.05, 0.1) is 55.4 Å². The van der Waals surface area contributed by atoms with E-state index >= 15 is 0 Å². The number of ether oxygens (including phenoxy) is 12. The fourth-order valence-corrected chi connectivity index (χ4v) is 18.3. The number of rotatable bonds is 21. The van der Waals surface area contributed by atoms with Crippen molar-refractivity contribution in [1.29, 1.82) is 0 Å². The predicted molar refractivity (Wildman–Crippen MR) is 324 cm³/mol. The van der Waals surface area contributed by atoms with E-state index in [4.69, 9.17) is 61.0 Å². The molecule has 10 rings (SSSR count). The second kappa shape index (κ2) is 31.9. The summed E-state index contributed by atoms with van der Waals surface area (Å²) >= 11 is 0. The van der Waals surface area contributed by atoms with E-state index in [1.807, 2.05) is 20.8 Å². The maximum Gasteiger partial charge on any atom is 1.00 e. The van der Waals surface area contributed by atoms with Crippen LogP contribution < -0.4 is 29.6 Å². The van der Waals surface area contributed by atoms with Crippen molar-refractivity contribution in [2.24, 2.45) is 46.3 Å².